The van der Waals surface area contributed by atoms with Crippen molar-refractivity contribution in [1.29, 1.82) is 0 Å². The van der Waals surface area contributed by atoms with E-state index in [0.717, 1.165) is 5.56 Å². The molecule has 0 aliphatic heterocycles. The van der Waals surface area contributed by atoms with Crippen LogP contribution in [0.15, 0.2) is 18.2 Å². The lowest BCUT2D eigenvalue weighted by atomic mass is 10.1. The van der Waals surface area contributed by atoms with Crippen LogP contribution in [-0.4, -0.2) is 28.7 Å². The molecule has 0 aliphatic carbocycles. The minimum absolute atomic E-state index is 0.0915. The number of benzene rings is 1. The molecule has 1 aromatic carbocycles. The van der Waals surface area contributed by atoms with Gasteiger partial charge in [-0.3, -0.25) is 4.79 Å². The molecule has 15 heavy (non-hydrogen) atoms. The van der Waals surface area contributed by atoms with Crippen molar-refractivity contribution in [3.63, 3.8) is 0 Å². The van der Waals surface area contributed by atoms with Gasteiger partial charge in [-0.25, -0.2) is 4.79 Å². The van der Waals surface area contributed by atoms with Crippen LogP contribution in [0.5, 0.6) is 0 Å². The number of rotatable bonds is 3. The molecule has 0 heterocycles. The van der Waals surface area contributed by atoms with Crippen molar-refractivity contribution in [2.45, 2.75) is 6.92 Å². The van der Waals surface area contributed by atoms with Crippen molar-refractivity contribution in [3.8, 4) is 0 Å². The third-order valence-corrected chi connectivity index (χ3v) is 1.90. The van der Waals surface area contributed by atoms with Gasteiger partial charge in [-0.1, -0.05) is 6.07 Å². The van der Waals surface area contributed by atoms with E-state index in [1.165, 1.54) is 12.1 Å². The number of nitrogens with one attached hydrogen (secondary N) is 1. The predicted octanol–water partition coefficient (Wildman–Crippen LogP) is 0.624. The Morgan fingerprint density at radius 3 is 2.60 bits per heavy atom. The summed E-state index contributed by atoms with van der Waals surface area (Å²) in [6.45, 7) is 1.11. The first-order valence-electron chi connectivity index (χ1n) is 4.29. The van der Waals surface area contributed by atoms with Gasteiger partial charge < -0.3 is 15.5 Å². The zero-order valence-electron chi connectivity index (χ0n) is 8.15. The van der Waals surface area contributed by atoms with E-state index in [1.807, 2.05) is 0 Å². The van der Waals surface area contributed by atoms with Gasteiger partial charge in [0.25, 0.3) is 0 Å². The molecule has 1 amide bonds. The molecule has 0 spiro atoms. The second-order valence-corrected chi connectivity index (χ2v) is 3.04. The summed E-state index contributed by atoms with van der Waals surface area (Å²) >= 11 is 0. The van der Waals surface area contributed by atoms with E-state index < -0.39 is 18.5 Å². The number of aryl methyl sites for hydroxylation is 1. The van der Waals surface area contributed by atoms with Gasteiger partial charge >= 0.3 is 5.97 Å². The van der Waals surface area contributed by atoms with Crippen LogP contribution in [0.4, 0.5) is 5.69 Å². The van der Waals surface area contributed by atoms with Gasteiger partial charge in [0.2, 0.25) is 5.91 Å². The van der Waals surface area contributed by atoms with Crippen LogP contribution in [0, 0.1) is 6.92 Å². The largest absolute Gasteiger partial charge is 0.478 e. The summed E-state index contributed by atoms with van der Waals surface area (Å²) in [5.41, 5.74) is 1.23. The molecule has 80 valence electrons. The van der Waals surface area contributed by atoms with E-state index in [2.05, 4.69) is 5.32 Å². The molecule has 1 aromatic rings. The van der Waals surface area contributed by atoms with Crippen LogP contribution in [0.1, 0.15) is 15.9 Å². The zero-order valence-corrected chi connectivity index (χ0v) is 8.15. The first-order chi connectivity index (χ1) is 7.04. The standard InChI is InChI=1S/C10H11NO4/c1-6-2-3-7(10(14)15)4-8(6)11-9(13)5-12/h2-4,12H,5H2,1H3,(H,11,13)(H,14,15). The summed E-state index contributed by atoms with van der Waals surface area (Å²) in [7, 11) is 0. The number of carbonyl (C=O) groups excluding carboxylic acids is 1. The van der Waals surface area contributed by atoms with Crippen molar-refractivity contribution >= 4 is 17.6 Å². The van der Waals surface area contributed by atoms with Gasteiger partial charge in [0.15, 0.2) is 0 Å². The predicted molar refractivity (Wildman–Crippen MR) is 53.9 cm³/mol. The second kappa shape index (κ2) is 4.56. The summed E-state index contributed by atoms with van der Waals surface area (Å²) in [5, 5.41) is 19.7. The van der Waals surface area contributed by atoms with Crippen LogP contribution in [-0.2, 0) is 4.79 Å². The fraction of sp³-hybridized carbons (Fsp3) is 0.200. The summed E-state index contributed by atoms with van der Waals surface area (Å²) in [4.78, 5) is 21.6. The normalized spacial score (nSPS) is 9.73. The average molecular weight is 209 g/mol. The highest BCUT2D eigenvalue weighted by molar-refractivity contribution is 5.95. The third kappa shape index (κ3) is 2.78. The second-order valence-electron chi connectivity index (χ2n) is 3.04. The molecule has 0 fully saturated rings. The van der Waals surface area contributed by atoms with Gasteiger partial charge in [-0.05, 0) is 24.6 Å². The van der Waals surface area contributed by atoms with Crippen LogP contribution >= 0.6 is 0 Å². The number of amides is 1. The molecule has 0 aliphatic rings. The van der Waals surface area contributed by atoms with Crippen LogP contribution in [0.25, 0.3) is 0 Å². The third-order valence-electron chi connectivity index (χ3n) is 1.90. The summed E-state index contributed by atoms with van der Waals surface area (Å²) in [5.74, 6) is -1.63. The van der Waals surface area contributed by atoms with Crippen LogP contribution < -0.4 is 5.32 Å². The molecule has 0 bridgehead atoms. The van der Waals surface area contributed by atoms with E-state index in [1.54, 1.807) is 13.0 Å². The summed E-state index contributed by atoms with van der Waals surface area (Å²) in [6, 6.07) is 4.40. The number of carboxylic acid groups (broad SMARTS) is 1. The van der Waals surface area contributed by atoms with E-state index in [-0.39, 0.29) is 5.56 Å². The first kappa shape index (κ1) is 11.2. The molecule has 0 unspecified atom stereocenters. The molecule has 0 radical (unpaired) electrons. The average Bonchev–Trinajstić information content (AvgIpc) is 2.20. The van der Waals surface area contributed by atoms with Crippen molar-refractivity contribution in [2.75, 3.05) is 11.9 Å². The summed E-state index contributed by atoms with van der Waals surface area (Å²) < 4.78 is 0. The van der Waals surface area contributed by atoms with Gasteiger partial charge in [0, 0.05) is 5.69 Å². The lowest BCUT2D eigenvalue weighted by Crippen LogP contribution is -2.16. The smallest absolute Gasteiger partial charge is 0.335 e. The van der Waals surface area contributed by atoms with Gasteiger partial charge in [0.05, 0.1) is 5.56 Å². The number of hydrogen-bond acceptors (Lipinski definition) is 3. The van der Waals surface area contributed by atoms with Crippen LogP contribution in [0.2, 0.25) is 0 Å². The Bertz CT molecular complexity index is 400. The van der Waals surface area contributed by atoms with Gasteiger partial charge in [-0.2, -0.15) is 0 Å². The Labute approximate surface area is 86.4 Å². The molecular formula is C10H11NO4. The Morgan fingerprint density at radius 1 is 1.40 bits per heavy atom. The fourth-order valence-corrected chi connectivity index (χ4v) is 1.08. The highest BCUT2D eigenvalue weighted by Crippen LogP contribution is 2.16. The molecule has 0 aromatic heterocycles. The topological polar surface area (TPSA) is 86.6 Å². The highest BCUT2D eigenvalue weighted by Gasteiger charge is 2.07. The van der Waals surface area contributed by atoms with E-state index in [9.17, 15) is 9.59 Å². The van der Waals surface area contributed by atoms with Crippen LogP contribution in [0.3, 0.4) is 0 Å². The zero-order chi connectivity index (χ0) is 11.4. The highest BCUT2D eigenvalue weighted by atomic mass is 16.4. The number of carbonyl (C=O) groups is 2. The van der Waals surface area contributed by atoms with E-state index in [4.69, 9.17) is 10.2 Å². The Kier molecular flexibility index (Phi) is 3.41. The summed E-state index contributed by atoms with van der Waals surface area (Å²) in [6.07, 6.45) is 0. The van der Waals surface area contributed by atoms with Crippen molar-refractivity contribution in [2.24, 2.45) is 0 Å². The molecular weight excluding hydrogens is 198 g/mol. The van der Waals surface area contributed by atoms with Crippen molar-refractivity contribution in [1.82, 2.24) is 0 Å². The lowest BCUT2D eigenvalue weighted by Gasteiger charge is -2.07. The van der Waals surface area contributed by atoms with Crippen molar-refractivity contribution in [3.05, 3.63) is 29.3 Å². The number of carboxylic acids is 1. The Morgan fingerprint density at radius 2 is 2.07 bits per heavy atom. The van der Waals surface area contributed by atoms with E-state index in [0.29, 0.717) is 5.69 Å². The molecule has 3 N–H and O–H groups in total. The SMILES string of the molecule is Cc1ccc(C(=O)O)cc1NC(=O)CO. The van der Waals surface area contributed by atoms with E-state index >= 15 is 0 Å². The number of aliphatic hydroxyl groups excluding tert-OH is 1. The number of aromatic carboxylic acids is 1. The fourth-order valence-electron chi connectivity index (χ4n) is 1.08. The monoisotopic (exact) mass is 209 g/mol. The lowest BCUT2D eigenvalue weighted by molar-refractivity contribution is -0.118. The maximum absolute atomic E-state index is 10.9. The number of aliphatic hydroxyl groups is 1. The maximum Gasteiger partial charge on any atom is 0.335 e. The van der Waals surface area contributed by atoms with Gasteiger partial charge in [-0.15, -0.1) is 0 Å². The maximum atomic E-state index is 10.9. The molecule has 5 nitrogen and oxygen atoms in total. The minimum atomic E-state index is -1.06. The number of anilines is 1. The molecule has 0 atom stereocenters. The minimum Gasteiger partial charge on any atom is -0.478 e. The Hall–Kier alpha value is -1.88. The quantitative estimate of drug-likeness (QED) is 0.681. The molecule has 0 saturated carbocycles. The Balaban J connectivity index is 3.00. The molecule has 1 rings (SSSR count). The van der Waals surface area contributed by atoms with Crippen molar-refractivity contribution < 1.29 is 19.8 Å². The number of hydrogen-bond donors (Lipinski definition) is 3. The molecule has 5 heteroatoms. The first-order valence-corrected chi connectivity index (χ1v) is 4.29. The van der Waals surface area contributed by atoms with Gasteiger partial charge in [0.1, 0.15) is 6.61 Å². The molecule has 0 saturated heterocycles.